The van der Waals surface area contributed by atoms with Gasteiger partial charge in [-0.1, -0.05) is 31.9 Å². The number of nitro benzene ring substituents is 1. The molecule has 0 N–H and O–H groups in total. The second kappa shape index (κ2) is 4.71. The number of benzene rings is 1. The zero-order chi connectivity index (χ0) is 11.7. The second-order valence-corrected chi connectivity index (χ2v) is 5.89. The molecular weight excluding hydrogens is 342 g/mol. The number of hydrogen-bond acceptors (Lipinski definition) is 3. The number of halogens is 2. The van der Waals surface area contributed by atoms with E-state index < -0.39 is 4.92 Å². The first kappa shape index (κ1) is 11.9. The van der Waals surface area contributed by atoms with Gasteiger partial charge in [-0.05, 0) is 25.0 Å². The molecular formula is C10H9Br2NO3. The number of nitro groups is 1. The molecule has 0 atom stereocenters. The highest BCUT2D eigenvalue weighted by molar-refractivity contribution is 9.10. The Labute approximate surface area is 109 Å². The Balaban J connectivity index is 2.16. The third-order valence-corrected chi connectivity index (χ3v) is 3.69. The molecule has 1 aromatic rings. The summed E-state index contributed by atoms with van der Waals surface area (Å²) in [5.74, 6) is 0.345. The summed E-state index contributed by atoms with van der Waals surface area (Å²) in [6.07, 6.45) is 1.88. The third kappa shape index (κ3) is 2.55. The molecule has 0 spiro atoms. The molecule has 0 saturated heterocycles. The van der Waals surface area contributed by atoms with Crippen LogP contribution in [0.2, 0.25) is 0 Å². The average Bonchev–Trinajstić information content (AvgIpc) is 2.17. The normalized spacial score (nSPS) is 23.6. The van der Waals surface area contributed by atoms with Gasteiger partial charge in [0.1, 0.15) is 6.10 Å². The van der Waals surface area contributed by atoms with E-state index in [0.29, 0.717) is 15.0 Å². The van der Waals surface area contributed by atoms with Crippen LogP contribution in [0.3, 0.4) is 0 Å². The van der Waals surface area contributed by atoms with Crippen LogP contribution in [0.15, 0.2) is 22.7 Å². The molecule has 0 amide bonds. The predicted molar refractivity (Wildman–Crippen MR) is 67.2 cm³/mol. The minimum atomic E-state index is -0.426. The zero-order valence-electron chi connectivity index (χ0n) is 8.23. The van der Waals surface area contributed by atoms with Crippen LogP contribution < -0.4 is 4.74 Å². The van der Waals surface area contributed by atoms with Gasteiger partial charge >= 0.3 is 5.69 Å². The van der Waals surface area contributed by atoms with Gasteiger partial charge < -0.3 is 4.74 Å². The van der Waals surface area contributed by atoms with Crippen molar-refractivity contribution in [3.63, 3.8) is 0 Å². The fourth-order valence-electron chi connectivity index (χ4n) is 1.51. The SMILES string of the molecule is O=[N+]([O-])c1cc(Br)ccc1OC1CC(Br)C1. The Morgan fingerprint density at radius 3 is 2.69 bits per heavy atom. The summed E-state index contributed by atoms with van der Waals surface area (Å²) in [4.78, 5) is 10.9. The maximum absolute atomic E-state index is 10.8. The van der Waals surface area contributed by atoms with Gasteiger partial charge in [0.2, 0.25) is 0 Å². The van der Waals surface area contributed by atoms with Crippen molar-refractivity contribution in [1.29, 1.82) is 0 Å². The maximum atomic E-state index is 10.8. The monoisotopic (exact) mass is 349 g/mol. The molecule has 0 aromatic heterocycles. The molecule has 1 fully saturated rings. The van der Waals surface area contributed by atoms with Crippen LogP contribution in [-0.4, -0.2) is 15.9 Å². The molecule has 16 heavy (non-hydrogen) atoms. The molecule has 2 rings (SSSR count). The molecule has 0 radical (unpaired) electrons. The Hall–Kier alpha value is -0.620. The Morgan fingerprint density at radius 2 is 2.12 bits per heavy atom. The Morgan fingerprint density at radius 1 is 1.44 bits per heavy atom. The maximum Gasteiger partial charge on any atom is 0.312 e. The minimum Gasteiger partial charge on any atom is -0.483 e. The van der Waals surface area contributed by atoms with Gasteiger partial charge in [-0.15, -0.1) is 0 Å². The van der Waals surface area contributed by atoms with E-state index in [-0.39, 0.29) is 11.8 Å². The number of ether oxygens (including phenoxy) is 1. The molecule has 4 nitrogen and oxygen atoms in total. The standard InChI is InChI=1S/C10H9Br2NO3/c11-6-1-2-10(9(5-6)13(14)15)16-8-3-7(12)4-8/h1-2,5,7-8H,3-4H2. The van der Waals surface area contributed by atoms with E-state index in [0.717, 1.165) is 12.8 Å². The van der Waals surface area contributed by atoms with Crippen LogP contribution in [0.5, 0.6) is 5.75 Å². The summed E-state index contributed by atoms with van der Waals surface area (Å²) in [5.41, 5.74) is 0.00685. The van der Waals surface area contributed by atoms with Gasteiger partial charge in [0.25, 0.3) is 0 Å². The molecule has 1 aliphatic carbocycles. The summed E-state index contributed by atoms with van der Waals surface area (Å²) in [7, 11) is 0. The summed E-state index contributed by atoms with van der Waals surface area (Å²) < 4.78 is 6.25. The fraction of sp³-hybridized carbons (Fsp3) is 0.400. The van der Waals surface area contributed by atoms with Crippen molar-refractivity contribution < 1.29 is 9.66 Å². The fourth-order valence-corrected chi connectivity index (χ4v) is 2.69. The topological polar surface area (TPSA) is 52.4 Å². The molecule has 0 unspecified atom stereocenters. The Kier molecular flexibility index (Phi) is 3.49. The quantitative estimate of drug-likeness (QED) is 0.475. The van der Waals surface area contributed by atoms with Crippen LogP contribution in [0, 0.1) is 10.1 Å². The van der Waals surface area contributed by atoms with E-state index in [1.54, 1.807) is 12.1 Å². The molecule has 0 aliphatic heterocycles. The first-order valence-electron chi connectivity index (χ1n) is 4.81. The van der Waals surface area contributed by atoms with Crippen LogP contribution in [0.4, 0.5) is 5.69 Å². The van der Waals surface area contributed by atoms with Crippen LogP contribution >= 0.6 is 31.9 Å². The molecule has 1 aromatic carbocycles. The molecule has 1 saturated carbocycles. The lowest BCUT2D eigenvalue weighted by atomic mass is 9.96. The second-order valence-electron chi connectivity index (χ2n) is 3.68. The van der Waals surface area contributed by atoms with Gasteiger partial charge in [0.05, 0.1) is 4.92 Å². The van der Waals surface area contributed by atoms with Crippen molar-refractivity contribution >= 4 is 37.5 Å². The van der Waals surface area contributed by atoms with E-state index in [2.05, 4.69) is 31.9 Å². The molecule has 86 valence electrons. The Bertz CT molecular complexity index is 419. The zero-order valence-corrected chi connectivity index (χ0v) is 11.4. The van der Waals surface area contributed by atoms with E-state index in [1.807, 2.05) is 0 Å². The van der Waals surface area contributed by atoms with Gasteiger partial charge in [0, 0.05) is 15.4 Å². The van der Waals surface area contributed by atoms with E-state index in [9.17, 15) is 10.1 Å². The highest BCUT2D eigenvalue weighted by Gasteiger charge is 2.30. The average molecular weight is 351 g/mol. The van der Waals surface area contributed by atoms with Crippen LogP contribution in [0.1, 0.15) is 12.8 Å². The van der Waals surface area contributed by atoms with Crippen molar-refractivity contribution in [2.75, 3.05) is 0 Å². The lowest BCUT2D eigenvalue weighted by Crippen LogP contribution is -2.34. The van der Waals surface area contributed by atoms with Crippen LogP contribution in [-0.2, 0) is 0 Å². The number of rotatable bonds is 3. The van der Waals surface area contributed by atoms with E-state index in [1.165, 1.54) is 6.07 Å². The number of hydrogen-bond donors (Lipinski definition) is 0. The third-order valence-electron chi connectivity index (χ3n) is 2.45. The lowest BCUT2D eigenvalue weighted by molar-refractivity contribution is -0.386. The predicted octanol–water partition coefficient (Wildman–Crippen LogP) is 3.66. The highest BCUT2D eigenvalue weighted by Crippen LogP contribution is 2.36. The summed E-state index contributed by atoms with van der Waals surface area (Å²) in [5, 5.41) is 10.8. The largest absolute Gasteiger partial charge is 0.483 e. The molecule has 0 bridgehead atoms. The first-order valence-corrected chi connectivity index (χ1v) is 6.52. The van der Waals surface area contributed by atoms with Crippen molar-refractivity contribution in [3.05, 3.63) is 32.8 Å². The lowest BCUT2D eigenvalue weighted by Gasteiger charge is -2.31. The van der Waals surface area contributed by atoms with Gasteiger partial charge in [-0.25, -0.2) is 0 Å². The number of alkyl halides is 1. The molecule has 6 heteroatoms. The van der Waals surface area contributed by atoms with E-state index >= 15 is 0 Å². The highest BCUT2D eigenvalue weighted by atomic mass is 79.9. The van der Waals surface area contributed by atoms with Crippen LogP contribution in [0.25, 0.3) is 0 Å². The van der Waals surface area contributed by atoms with Gasteiger partial charge in [-0.2, -0.15) is 0 Å². The summed E-state index contributed by atoms with van der Waals surface area (Å²) in [6.45, 7) is 0. The summed E-state index contributed by atoms with van der Waals surface area (Å²) in [6, 6.07) is 4.83. The van der Waals surface area contributed by atoms with Gasteiger partial charge in [-0.3, -0.25) is 10.1 Å². The van der Waals surface area contributed by atoms with E-state index in [4.69, 9.17) is 4.74 Å². The van der Waals surface area contributed by atoms with Crippen molar-refractivity contribution in [2.45, 2.75) is 23.8 Å². The van der Waals surface area contributed by atoms with Crippen molar-refractivity contribution in [1.82, 2.24) is 0 Å². The smallest absolute Gasteiger partial charge is 0.312 e. The molecule has 0 heterocycles. The number of nitrogens with zero attached hydrogens (tertiary/aromatic N) is 1. The first-order chi connectivity index (χ1) is 7.56. The van der Waals surface area contributed by atoms with Crippen molar-refractivity contribution in [3.8, 4) is 5.75 Å². The molecule has 1 aliphatic rings. The minimum absolute atomic E-state index is 0.00685. The van der Waals surface area contributed by atoms with Crippen molar-refractivity contribution in [2.24, 2.45) is 0 Å². The van der Waals surface area contributed by atoms with Gasteiger partial charge in [0.15, 0.2) is 5.75 Å². The summed E-state index contributed by atoms with van der Waals surface area (Å²) >= 11 is 6.66.